The second-order valence-electron chi connectivity index (χ2n) is 12.8. The second-order valence-corrected chi connectivity index (χ2v) is 12.8. The van der Waals surface area contributed by atoms with E-state index in [2.05, 4.69) is 27.7 Å². The van der Waals surface area contributed by atoms with Gasteiger partial charge in [0, 0.05) is 12.5 Å². The van der Waals surface area contributed by atoms with Gasteiger partial charge in [-0.25, -0.2) is 0 Å². The number of carboxylic acid groups (broad SMARTS) is 1. The first-order valence-corrected chi connectivity index (χ1v) is 16.9. The fraction of sp³-hybridized carbons (Fsp3) is 0.806. The van der Waals surface area contributed by atoms with Crippen LogP contribution in [0.1, 0.15) is 175 Å². The molecule has 4 heteroatoms. The van der Waals surface area contributed by atoms with E-state index in [0.29, 0.717) is 6.42 Å². The normalized spacial score (nSPS) is 11.2. The van der Waals surface area contributed by atoms with Crippen LogP contribution in [0.4, 0.5) is 0 Å². The molecule has 0 aliphatic rings. The largest absolute Gasteiger partial charge is 0.508 e. The lowest BCUT2D eigenvalue weighted by Gasteiger charge is -2.06. The van der Waals surface area contributed by atoms with Gasteiger partial charge in [-0.15, -0.1) is 0 Å². The van der Waals surface area contributed by atoms with Gasteiger partial charge in [-0.05, 0) is 42.7 Å². The third-order valence-electron chi connectivity index (χ3n) is 7.72. The fourth-order valence-electron chi connectivity index (χ4n) is 5.11. The van der Waals surface area contributed by atoms with Crippen LogP contribution in [0.5, 0.6) is 11.5 Å². The number of hydrogen-bond donors (Lipinski definition) is 3. The minimum atomic E-state index is -0.657. The molecular formula is C36H66O4. The van der Waals surface area contributed by atoms with Gasteiger partial charge in [0.25, 0.3) is 0 Å². The van der Waals surface area contributed by atoms with Crippen molar-refractivity contribution in [2.45, 2.75) is 175 Å². The summed E-state index contributed by atoms with van der Waals surface area (Å²) in [5.41, 5.74) is 0.948. The van der Waals surface area contributed by atoms with Gasteiger partial charge in [-0.3, -0.25) is 4.79 Å². The standard InChI is InChI=1S/C21H36O2.C15H30O2/c1-18(2)13-11-9-7-5-3-4-6-8-10-12-14-19-15-16-20(22)17-21(19)23;1-14(2)12-10-8-6-4-3-5-7-9-11-13-15(16)17/h15-18,22-23H,3-14H2,1-2H3;14H,3-13H2,1-2H3,(H,16,17). The summed E-state index contributed by atoms with van der Waals surface area (Å²) in [5, 5.41) is 27.5. The lowest BCUT2D eigenvalue weighted by molar-refractivity contribution is -0.137. The second kappa shape index (κ2) is 27.5. The zero-order valence-electron chi connectivity index (χ0n) is 26.9. The zero-order chi connectivity index (χ0) is 29.8. The Morgan fingerprint density at radius 3 is 1.32 bits per heavy atom. The minimum absolute atomic E-state index is 0.135. The molecule has 1 aromatic rings. The molecule has 3 N–H and O–H groups in total. The molecule has 0 saturated carbocycles. The highest BCUT2D eigenvalue weighted by molar-refractivity contribution is 5.66. The molecule has 4 nitrogen and oxygen atoms in total. The summed E-state index contributed by atoms with van der Waals surface area (Å²) in [4.78, 5) is 10.3. The SMILES string of the molecule is CC(C)CCCCCCCCCCCC(=O)O.CC(C)CCCCCCCCCCCCc1ccc(O)cc1O. The van der Waals surface area contributed by atoms with Crippen molar-refractivity contribution >= 4 is 5.97 Å². The van der Waals surface area contributed by atoms with Crippen LogP contribution in [0.15, 0.2) is 18.2 Å². The van der Waals surface area contributed by atoms with Gasteiger partial charge in [0.05, 0.1) is 0 Å². The Labute approximate surface area is 248 Å². The van der Waals surface area contributed by atoms with Gasteiger partial charge in [0.15, 0.2) is 0 Å². The number of phenols is 2. The number of unbranched alkanes of at least 4 members (excludes halogenated alkanes) is 17. The Morgan fingerprint density at radius 2 is 0.950 bits per heavy atom. The lowest BCUT2D eigenvalue weighted by Crippen LogP contribution is -1.93. The topological polar surface area (TPSA) is 77.8 Å². The molecule has 0 heterocycles. The number of benzene rings is 1. The molecule has 0 aliphatic heterocycles. The van der Waals surface area contributed by atoms with Crippen molar-refractivity contribution in [3.8, 4) is 11.5 Å². The summed E-state index contributed by atoms with van der Waals surface area (Å²) in [6.45, 7) is 9.19. The Morgan fingerprint density at radius 1 is 0.575 bits per heavy atom. The quantitative estimate of drug-likeness (QED) is 0.104. The predicted octanol–water partition coefficient (Wildman–Crippen LogP) is 11.6. The van der Waals surface area contributed by atoms with E-state index in [1.807, 2.05) is 6.07 Å². The summed E-state index contributed by atoms with van der Waals surface area (Å²) < 4.78 is 0. The van der Waals surface area contributed by atoms with Crippen molar-refractivity contribution in [3.63, 3.8) is 0 Å². The van der Waals surface area contributed by atoms with Crippen LogP contribution in [-0.2, 0) is 11.2 Å². The summed E-state index contributed by atoms with van der Waals surface area (Å²) >= 11 is 0. The number of aliphatic carboxylic acids is 1. The van der Waals surface area contributed by atoms with E-state index in [4.69, 9.17) is 5.11 Å². The highest BCUT2D eigenvalue weighted by Crippen LogP contribution is 2.24. The van der Waals surface area contributed by atoms with E-state index in [-0.39, 0.29) is 11.5 Å². The molecule has 0 spiro atoms. The van der Waals surface area contributed by atoms with Gasteiger partial charge >= 0.3 is 5.97 Å². The number of aromatic hydroxyl groups is 2. The van der Waals surface area contributed by atoms with Crippen molar-refractivity contribution in [1.29, 1.82) is 0 Å². The van der Waals surface area contributed by atoms with Gasteiger partial charge in [0.2, 0.25) is 0 Å². The van der Waals surface area contributed by atoms with Gasteiger partial charge < -0.3 is 15.3 Å². The minimum Gasteiger partial charge on any atom is -0.508 e. The first-order chi connectivity index (χ1) is 19.2. The predicted molar refractivity (Wildman–Crippen MR) is 172 cm³/mol. The molecule has 0 unspecified atom stereocenters. The van der Waals surface area contributed by atoms with Gasteiger partial charge in [-0.2, -0.15) is 0 Å². The smallest absolute Gasteiger partial charge is 0.303 e. The zero-order valence-corrected chi connectivity index (χ0v) is 26.9. The summed E-state index contributed by atoms with van der Waals surface area (Å²) in [6, 6.07) is 4.90. The number of carbonyl (C=O) groups is 1. The van der Waals surface area contributed by atoms with Gasteiger partial charge in [-0.1, -0.05) is 156 Å². The summed E-state index contributed by atoms with van der Waals surface area (Å²) in [5.74, 6) is 1.41. The third-order valence-corrected chi connectivity index (χ3v) is 7.72. The average Bonchev–Trinajstić information content (AvgIpc) is 2.89. The number of carboxylic acids is 1. The van der Waals surface area contributed by atoms with Crippen molar-refractivity contribution < 1.29 is 20.1 Å². The molecule has 1 rings (SSSR count). The van der Waals surface area contributed by atoms with Crippen molar-refractivity contribution in [2.24, 2.45) is 11.8 Å². The molecular weight excluding hydrogens is 496 g/mol. The highest BCUT2D eigenvalue weighted by atomic mass is 16.4. The number of aryl methyl sites for hydroxylation is 1. The van der Waals surface area contributed by atoms with E-state index in [1.54, 1.807) is 6.07 Å². The van der Waals surface area contributed by atoms with E-state index in [0.717, 1.165) is 43.1 Å². The van der Waals surface area contributed by atoms with E-state index in [9.17, 15) is 15.0 Å². The fourth-order valence-corrected chi connectivity index (χ4v) is 5.11. The maximum absolute atomic E-state index is 10.3. The van der Waals surface area contributed by atoms with Crippen molar-refractivity contribution in [2.75, 3.05) is 0 Å². The van der Waals surface area contributed by atoms with Crippen LogP contribution >= 0.6 is 0 Å². The summed E-state index contributed by atoms with van der Waals surface area (Å²) in [7, 11) is 0. The maximum atomic E-state index is 10.3. The van der Waals surface area contributed by atoms with Crippen LogP contribution < -0.4 is 0 Å². The Balaban J connectivity index is 0.000000799. The number of hydrogen-bond acceptors (Lipinski definition) is 3. The Kier molecular flexibility index (Phi) is 26.3. The molecule has 0 fully saturated rings. The van der Waals surface area contributed by atoms with E-state index in [1.165, 1.54) is 122 Å². The van der Waals surface area contributed by atoms with Crippen LogP contribution in [0.3, 0.4) is 0 Å². The van der Waals surface area contributed by atoms with Crippen LogP contribution in [-0.4, -0.2) is 21.3 Å². The molecule has 0 aromatic heterocycles. The molecule has 1 aromatic carbocycles. The lowest BCUT2D eigenvalue weighted by atomic mass is 10.0. The molecule has 234 valence electrons. The van der Waals surface area contributed by atoms with Crippen molar-refractivity contribution in [3.05, 3.63) is 23.8 Å². The highest BCUT2D eigenvalue weighted by Gasteiger charge is 2.02. The van der Waals surface area contributed by atoms with Crippen LogP contribution in [0.25, 0.3) is 0 Å². The van der Waals surface area contributed by atoms with Crippen molar-refractivity contribution in [1.82, 2.24) is 0 Å². The number of phenolic OH excluding ortho intramolecular Hbond substituents is 2. The first kappa shape index (κ1) is 38.3. The molecule has 40 heavy (non-hydrogen) atoms. The van der Waals surface area contributed by atoms with E-state index < -0.39 is 5.97 Å². The first-order valence-electron chi connectivity index (χ1n) is 16.9. The van der Waals surface area contributed by atoms with Crippen LogP contribution in [0.2, 0.25) is 0 Å². The molecule has 0 amide bonds. The maximum Gasteiger partial charge on any atom is 0.303 e. The molecule has 0 bridgehead atoms. The molecule has 0 aliphatic carbocycles. The molecule has 0 atom stereocenters. The van der Waals surface area contributed by atoms with Gasteiger partial charge in [0.1, 0.15) is 11.5 Å². The average molecular weight is 563 g/mol. The van der Waals surface area contributed by atoms with Crippen LogP contribution in [0, 0.1) is 11.8 Å². The third kappa shape index (κ3) is 27.8. The monoisotopic (exact) mass is 562 g/mol. The Hall–Kier alpha value is -1.71. The number of rotatable bonds is 25. The molecule has 0 saturated heterocycles. The Bertz CT molecular complexity index is 698. The molecule has 0 radical (unpaired) electrons. The summed E-state index contributed by atoms with van der Waals surface area (Å²) in [6.07, 6.45) is 28.6. The van der Waals surface area contributed by atoms with E-state index >= 15 is 0 Å².